The Morgan fingerprint density at radius 1 is 1.06 bits per heavy atom. The Hall–Kier alpha value is -1.81. The number of hydrogen-bond donors (Lipinski definition) is 1. The molecule has 0 radical (unpaired) electrons. The lowest BCUT2D eigenvalue weighted by atomic mass is 10.1. The molecule has 0 heterocycles. The number of carbonyl (C=O) groups is 2. The highest BCUT2D eigenvalue weighted by atomic mass is 79.9. The molecular formula is C22H26BrCl2N3O4S. The van der Waals surface area contributed by atoms with Gasteiger partial charge in [-0.1, -0.05) is 51.3 Å². The van der Waals surface area contributed by atoms with E-state index in [-0.39, 0.29) is 34.2 Å². The van der Waals surface area contributed by atoms with Gasteiger partial charge in [-0.25, -0.2) is 8.42 Å². The third-order valence-electron chi connectivity index (χ3n) is 4.71. The molecule has 11 heteroatoms. The van der Waals surface area contributed by atoms with E-state index in [1.165, 1.54) is 23.1 Å². The van der Waals surface area contributed by atoms with E-state index in [1.807, 2.05) is 38.1 Å². The summed E-state index contributed by atoms with van der Waals surface area (Å²) in [5, 5.41) is 3.22. The summed E-state index contributed by atoms with van der Waals surface area (Å²) >= 11 is 15.4. The van der Waals surface area contributed by atoms with Crippen LogP contribution in [0.3, 0.4) is 0 Å². The van der Waals surface area contributed by atoms with Crippen LogP contribution in [0.15, 0.2) is 46.9 Å². The van der Waals surface area contributed by atoms with Crippen LogP contribution in [0.1, 0.15) is 26.3 Å². The van der Waals surface area contributed by atoms with Crippen LogP contribution in [0.5, 0.6) is 0 Å². The van der Waals surface area contributed by atoms with Crippen molar-refractivity contribution in [3.8, 4) is 0 Å². The van der Waals surface area contributed by atoms with Crippen molar-refractivity contribution < 1.29 is 18.0 Å². The quantitative estimate of drug-likeness (QED) is 0.476. The monoisotopic (exact) mass is 577 g/mol. The van der Waals surface area contributed by atoms with E-state index >= 15 is 0 Å². The first-order valence-corrected chi connectivity index (χ1v) is 13.5. The van der Waals surface area contributed by atoms with Crippen molar-refractivity contribution in [1.29, 1.82) is 0 Å². The molecule has 2 aromatic rings. The second-order valence-electron chi connectivity index (χ2n) is 7.86. The third kappa shape index (κ3) is 7.88. The van der Waals surface area contributed by atoms with Crippen LogP contribution in [0, 0.1) is 0 Å². The van der Waals surface area contributed by atoms with Gasteiger partial charge in [0.15, 0.2) is 0 Å². The molecule has 0 aromatic heterocycles. The highest BCUT2D eigenvalue weighted by molar-refractivity contribution is 9.10. The van der Waals surface area contributed by atoms with E-state index in [9.17, 15) is 18.0 Å². The van der Waals surface area contributed by atoms with Gasteiger partial charge in [-0.3, -0.25) is 13.9 Å². The summed E-state index contributed by atoms with van der Waals surface area (Å²) in [6.07, 6.45) is 0.996. The molecule has 0 aliphatic rings. The van der Waals surface area contributed by atoms with E-state index in [0.717, 1.165) is 20.6 Å². The average molecular weight is 579 g/mol. The lowest BCUT2D eigenvalue weighted by Gasteiger charge is -2.32. The fourth-order valence-corrected chi connectivity index (χ4v) is 4.65. The van der Waals surface area contributed by atoms with Crippen molar-refractivity contribution in [2.24, 2.45) is 0 Å². The molecule has 0 saturated carbocycles. The Morgan fingerprint density at radius 2 is 1.73 bits per heavy atom. The SMILES string of the molecule is CC(C)NC(=O)[C@@H](C)N(Cc1cccc(Br)c1)C(=O)CN(c1ccc(Cl)c(Cl)c1)S(C)(=O)=O. The number of rotatable bonds is 9. The molecule has 180 valence electrons. The maximum absolute atomic E-state index is 13.4. The Kier molecular flexibility index (Phi) is 9.60. The molecule has 7 nitrogen and oxygen atoms in total. The van der Waals surface area contributed by atoms with Gasteiger partial charge >= 0.3 is 0 Å². The Labute approximate surface area is 213 Å². The van der Waals surface area contributed by atoms with Crippen molar-refractivity contribution in [2.75, 3.05) is 17.1 Å². The molecule has 0 saturated heterocycles. The highest BCUT2D eigenvalue weighted by Gasteiger charge is 2.30. The minimum absolute atomic E-state index is 0.115. The molecule has 0 aliphatic carbocycles. The number of carbonyl (C=O) groups excluding carboxylic acids is 2. The molecule has 33 heavy (non-hydrogen) atoms. The zero-order valence-corrected chi connectivity index (χ0v) is 22.6. The van der Waals surface area contributed by atoms with Gasteiger partial charge in [0, 0.05) is 17.1 Å². The van der Waals surface area contributed by atoms with Gasteiger partial charge in [0.25, 0.3) is 0 Å². The molecule has 1 atom stereocenters. The number of sulfonamides is 1. The second kappa shape index (κ2) is 11.6. The summed E-state index contributed by atoms with van der Waals surface area (Å²) < 4.78 is 26.8. The summed E-state index contributed by atoms with van der Waals surface area (Å²) in [5.41, 5.74) is 0.976. The van der Waals surface area contributed by atoms with Crippen molar-refractivity contribution in [3.05, 3.63) is 62.5 Å². The van der Waals surface area contributed by atoms with Crippen molar-refractivity contribution in [3.63, 3.8) is 0 Å². The van der Waals surface area contributed by atoms with Crippen LogP contribution in [0.25, 0.3) is 0 Å². The fourth-order valence-electron chi connectivity index (χ4n) is 3.07. The maximum atomic E-state index is 13.4. The first kappa shape index (κ1) is 27.4. The van der Waals surface area contributed by atoms with Gasteiger partial charge in [0.05, 0.1) is 22.0 Å². The number of hydrogen-bond acceptors (Lipinski definition) is 4. The van der Waals surface area contributed by atoms with Gasteiger partial charge in [-0.2, -0.15) is 0 Å². The van der Waals surface area contributed by atoms with Crippen LogP contribution in [-0.4, -0.2) is 50.0 Å². The van der Waals surface area contributed by atoms with E-state index in [0.29, 0.717) is 0 Å². The second-order valence-corrected chi connectivity index (χ2v) is 11.5. The number of halogens is 3. The predicted octanol–water partition coefficient (Wildman–Crippen LogP) is 4.46. The van der Waals surface area contributed by atoms with E-state index in [4.69, 9.17) is 23.2 Å². The lowest BCUT2D eigenvalue weighted by Crippen LogP contribution is -2.52. The number of amides is 2. The van der Waals surface area contributed by atoms with Gasteiger partial charge in [-0.15, -0.1) is 0 Å². The van der Waals surface area contributed by atoms with Crippen LogP contribution in [0.4, 0.5) is 5.69 Å². The standard InChI is InChI=1S/C22H26BrCl2N3O4S/c1-14(2)26-22(30)15(3)27(12-16-6-5-7-17(23)10-16)21(29)13-28(33(4,31)32)18-8-9-19(24)20(25)11-18/h5-11,14-15H,12-13H2,1-4H3,(H,26,30)/t15-/m1/s1. The zero-order chi connectivity index (χ0) is 24.9. The lowest BCUT2D eigenvalue weighted by molar-refractivity contribution is -0.139. The number of nitrogens with one attached hydrogen (secondary N) is 1. The van der Waals surface area contributed by atoms with E-state index in [2.05, 4.69) is 21.2 Å². The van der Waals surface area contributed by atoms with E-state index in [1.54, 1.807) is 6.92 Å². The molecule has 2 rings (SSSR count). The molecule has 0 unspecified atom stereocenters. The van der Waals surface area contributed by atoms with Crippen molar-refractivity contribution in [2.45, 2.75) is 39.4 Å². The largest absolute Gasteiger partial charge is 0.352 e. The number of benzene rings is 2. The molecule has 0 aliphatic heterocycles. The molecule has 0 fully saturated rings. The Balaban J connectivity index is 2.41. The Bertz CT molecular complexity index is 1130. The van der Waals surface area contributed by atoms with Gasteiger partial charge < -0.3 is 10.2 Å². The van der Waals surface area contributed by atoms with Gasteiger partial charge in [-0.05, 0) is 56.7 Å². The molecule has 1 N–H and O–H groups in total. The summed E-state index contributed by atoms with van der Waals surface area (Å²) in [5.74, 6) is -0.883. The van der Waals surface area contributed by atoms with Crippen LogP contribution in [0.2, 0.25) is 10.0 Å². The van der Waals surface area contributed by atoms with Gasteiger partial charge in [0.1, 0.15) is 12.6 Å². The van der Waals surface area contributed by atoms with Crippen molar-refractivity contribution >= 4 is 66.7 Å². The molecule has 0 bridgehead atoms. The average Bonchev–Trinajstić information content (AvgIpc) is 2.70. The third-order valence-corrected chi connectivity index (χ3v) is 7.08. The van der Waals surface area contributed by atoms with Crippen LogP contribution < -0.4 is 9.62 Å². The molecular weight excluding hydrogens is 553 g/mol. The normalized spacial score (nSPS) is 12.4. The molecule has 0 spiro atoms. The number of anilines is 1. The van der Waals surface area contributed by atoms with Gasteiger partial charge in [0.2, 0.25) is 21.8 Å². The highest BCUT2D eigenvalue weighted by Crippen LogP contribution is 2.28. The first-order chi connectivity index (χ1) is 15.3. The van der Waals surface area contributed by atoms with Crippen molar-refractivity contribution in [1.82, 2.24) is 10.2 Å². The predicted molar refractivity (Wildman–Crippen MR) is 136 cm³/mol. The Morgan fingerprint density at radius 3 is 2.27 bits per heavy atom. The smallest absolute Gasteiger partial charge is 0.244 e. The minimum Gasteiger partial charge on any atom is -0.352 e. The minimum atomic E-state index is -3.84. The summed E-state index contributed by atoms with van der Waals surface area (Å²) in [7, 11) is -3.84. The van der Waals surface area contributed by atoms with E-state index < -0.39 is 28.5 Å². The fraction of sp³-hybridized carbons (Fsp3) is 0.364. The zero-order valence-electron chi connectivity index (χ0n) is 18.7. The molecule has 2 aromatic carbocycles. The molecule has 2 amide bonds. The topological polar surface area (TPSA) is 86.8 Å². The maximum Gasteiger partial charge on any atom is 0.244 e. The summed E-state index contributed by atoms with van der Waals surface area (Å²) in [4.78, 5) is 27.5. The van der Waals surface area contributed by atoms with Crippen LogP contribution >= 0.6 is 39.1 Å². The summed E-state index contributed by atoms with van der Waals surface area (Å²) in [6, 6.07) is 10.7. The number of nitrogens with zero attached hydrogens (tertiary/aromatic N) is 2. The first-order valence-electron chi connectivity index (χ1n) is 10.1. The van der Waals surface area contributed by atoms with Crippen LogP contribution in [-0.2, 0) is 26.2 Å². The summed E-state index contributed by atoms with van der Waals surface area (Å²) in [6.45, 7) is 4.85.